The summed E-state index contributed by atoms with van der Waals surface area (Å²) < 4.78 is 14.2. The van der Waals surface area contributed by atoms with Crippen molar-refractivity contribution in [3.05, 3.63) is 52.5 Å². The highest BCUT2D eigenvalue weighted by Crippen LogP contribution is 2.31. The molecule has 0 atom stereocenters. The molecule has 0 aliphatic rings. The van der Waals surface area contributed by atoms with Gasteiger partial charge in [-0.3, -0.25) is 4.79 Å². The van der Waals surface area contributed by atoms with E-state index in [1.165, 1.54) is 24.2 Å². The number of rotatable bonds is 7. The van der Waals surface area contributed by atoms with Crippen LogP contribution in [0.4, 0.5) is 21.6 Å². The van der Waals surface area contributed by atoms with Gasteiger partial charge in [0.2, 0.25) is 5.91 Å². The van der Waals surface area contributed by atoms with Gasteiger partial charge in [0.1, 0.15) is 18.0 Å². The fourth-order valence-electron chi connectivity index (χ4n) is 2.41. The lowest BCUT2D eigenvalue weighted by atomic mass is 10.2. The smallest absolute Gasteiger partial charge is 0.234 e. The highest BCUT2D eigenvalue weighted by molar-refractivity contribution is 7.99. The van der Waals surface area contributed by atoms with Gasteiger partial charge in [0.25, 0.3) is 0 Å². The molecule has 0 saturated carbocycles. The van der Waals surface area contributed by atoms with Crippen molar-refractivity contribution in [1.82, 2.24) is 9.97 Å². The Morgan fingerprint density at radius 2 is 1.96 bits per heavy atom. The van der Waals surface area contributed by atoms with Gasteiger partial charge < -0.3 is 15.7 Å². The summed E-state index contributed by atoms with van der Waals surface area (Å²) in [5, 5.41) is 15.4. The first-order valence-electron chi connectivity index (χ1n) is 8.12. The van der Waals surface area contributed by atoms with Crippen LogP contribution in [0.5, 0.6) is 0 Å². The lowest BCUT2D eigenvalue weighted by Crippen LogP contribution is -2.14. The molecular formula is C18H15Cl2FN4O2S. The Morgan fingerprint density at radius 3 is 2.75 bits per heavy atom. The van der Waals surface area contributed by atoms with E-state index in [9.17, 15) is 9.18 Å². The van der Waals surface area contributed by atoms with Crippen molar-refractivity contribution in [2.45, 2.75) is 0 Å². The molecule has 1 aromatic heterocycles. The van der Waals surface area contributed by atoms with E-state index >= 15 is 0 Å². The van der Waals surface area contributed by atoms with Gasteiger partial charge in [-0.25, -0.2) is 14.4 Å². The number of carbonyl (C=O) groups is 1. The summed E-state index contributed by atoms with van der Waals surface area (Å²) in [4.78, 5) is 20.3. The monoisotopic (exact) mass is 440 g/mol. The molecule has 0 fully saturated rings. The molecule has 0 spiro atoms. The third-order valence-corrected chi connectivity index (χ3v) is 5.31. The maximum absolute atomic E-state index is 14.2. The number of fused-ring (bicyclic) bond motifs is 1. The van der Waals surface area contributed by atoms with Crippen molar-refractivity contribution in [3.8, 4) is 0 Å². The van der Waals surface area contributed by atoms with Crippen molar-refractivity contribution < 1.29 is 14.3 Å². The van der Waals surface area contributed by atoms with Crippen molar-refractivity contribution in [2.75, 3.05) is 28.7 Å². The number of thioether (sulfide) groups is 1. The summed E-state index contributed by atoms with van der Waals surface area (Å²) >= 11 is 13.1. The number of benzene rings is 2. The molecule has 6 nitrogen and oxygen atoms in total. The minimum Gasteiger partial charge on any atom is -0.396 e. The molecule has 0 bridgehead atoms. The van der Waals surface area contributed by atoms with Crippen molar-refractivity contribution in [3.63, 3.8) is 0 Å². The molecule has 3 rings (SSSR count). The second-order valence-corrected chi connectivity index (χ2v) is 7.57. The summed E-state index contributed by atoms with van der Waals surface area (Å²) in [7, 11) is 0. The number of amides is 1. The van der Waals surface area contributed by atoms with E-state index in [-0.39, 0.29) is 34.0 Å². The first-order valence-corrected chi connectivity index (χ1v) is 10.0. The fraction of sp³-hybridized carbons (Fsp3) is 0.167. The van der Waals surface area contributed by atoms with Crippen LogP contribution in [0, 0.1) is 5.82 Å². The molecule has 146 valence electrons. The number of hydrogen-bond acceptors (Lipinski definition) is 6. The van der Waals surface area contributed by atoms with Gasteiger partial charge in [0, 0.05) is 16.8 Å². The molecule has 10 heteroatoms. The van der Waals surface area contributed by atoms with Gasteiger partial charge in [0.05, 0.1) is 33.6 Å². The third-order valence-electron chi connectivity index (χ3n) is 3.65. The average molecular weight is 441 g/mol. The molecule has 1 heterocycles. The predicted molar refractivity (Wildman–Crippen MR) is 112 cm³/mol. The van der Waals surface area contributed by atoms with Crippen LogP contribution in [0.2, 0.25) is 10.0 Å². The minimum absolute atomic E-state index is 0.0194. The van der Waals surface area contributed by atoms with Crippen LogP contribution < -0.4 is 10.6 Å². The number of halogens is 3. The lowest BCUT2D eigenvalue weighted by molar-refractivity contribution is -0.113. The number of anilines is 3. The normalized spacial score (nSPS) is 10.9. The van der Waals surface area contributed by atoms with E-state index in [1.807, 2.05) is 0 Å². The number of nitrogens with zero attached hydrogens (tertiary/aromatic N) is 2. The fourth-order valence-corrected chi connectivity index (χ4v) is 3.25. The second-order valence-electron chi connectivity index (χ2n) is 5.65. The summed E-state index contributed by atoms with van der Waals surface area (Å²) in [6.45, 7) is 0.0194. The minimum atomic E-state index is -0.577. The summed E-state index contributed by atoms with van der Waals surface area (Å²) in [6.07, 6.45) is 1.35. The number of aliphatic hydroxyl groups excluding tert-OH is 1. The Hall–Kier alpha value is -2.13. The van der Waals surface area contributed by atoms with Gasteiger partial charge in [-0.2, -0.15) is 0 Å². The number of hydrogen-bond donors (Lipinski definition) is 3. The zero-order valence-corrected chi connectivity index (χ0v) is 16.7. The third kappa shape index (κ3) is 5.02. The molecule has 2 aromatic carbocycles. The van der Waals surface area contributed by atoms with Crippen LogP contribution in [-0.2, 0) is 4.79 Å². The first-order chi connectivity index (χ1) is 13.5. The van der Waals surface area contributed by atoms with E-state index in [1.54, 1.807) is 18.2 Å². The highest BCUT2D eigenvalue weighted by atomic mass is 35.5. The van der Waals surface area contributed by atoms with Crippen LogP contribution in [0.1, 0.15) is 0 Å². The van der Waals surface area contributed by atoms with Gasteiger partial charge >= 0.3 is 0 Å². The molecule has 0 aliphatic heterocycles. The predicted octanol–water partition coefficient (Wildman–Crippen LogP) is 4.48. The van der Waals surface area contributed by atoms with E-state index in [2.05, 4.69) is 20.6 Å². The van der Waals surface area contributed by atoms with E-state index in [0.29, 0.717) is 28.2 Å². The van der Waals surface area contributed by atoms with Crippen molar-refractivity contribution in [1.29, 1.82) is 0 Å². The van der Waals surface area contributed by atoms with Crippen LogP contribution in [0.25, 0.3) is 10.9 Å². The molecule has 0 saturated heterocycles. The topological polar surface area (TPSA) is 87.1 Å². The molecule has 3 aromatic rings. The SMILES string of the molecule is O=C(CSCCO)Nc1ccc2ncnc(Nc3cc(Cl)c(Cl)cc3F)c2c1. The number of nitrogens with one attached hydrogen (secondary N) is 2. The molecular weight excluding hydrogens is 426 g/mol. The molecule has 28 heavy (non-hydrogen) atoms. The van der Waals surface area contributed by atoms with E-state index < -0.39 is 5.82 Å². The largest absolute Gasteiger partial charge is 0.396 e. The lowest BCUT2D eigenvalue weighted by Gasteiger charge is -2.12. The highest BCUT2D eigenvalue weighted by Gasteiger charge is 2.12. The van der Waals surface area contributed by atoms with Crippen LogP contribution >= 0.6 is 35.0 Å². The van der Waals surface area contributed by atoms with Gasteiger partial charge in [-0.1, -0.05) is 23.2 Å². The summed E-state index contributed by atoms with van der Waals surface area (Å²) in [6, 6.07) is 7.63. The Bertz CT molecular complexity index is 1020. The number of aliphatic hydroxyl groups is 1. The quantitative estimate of drug-likeness (QED) is 0.370. The zero-order valence-electron chi connectivity index (χ0n) is 14.4. The van der Waals surface area contributed by atoms with Gasteiger partial charge in [0.15, 0.2) is 0 Å². The molecule has 0 aliphatic carbocycles. The van der Waals surface area contributed by atoms with Crippen LogP contribution in [0.3, 0.4) is 0 Å². The molecule has 0 unspecified atom stereocenters. The maximum atomic E-state index is 14.2. The standard InChI is InChI=1S/C18H15Cl2FN4O2S/c19-12-6-14(21)16(7-13(12)20)25-18-11-5-10(1-2-15(11)22-9-23-18)24-17(27)8-28-4-3-26/h1-2,5-7,9,26H,3-4,8H2,(H,24,27)(H,22,23,25). The second kappa shape index (κ2) is 9.38. The summed E-state index contributed by atoms with van der Waals surface area (Å²) in [5.41, 5.74) is 1.28. The Kier molecular flexibility index (Phi) is 6.90. The Labute approximate surface area is 174 Å². The van der Waals surface area contributed by atoms with E-state index in [4.69, 9.17) is 28.3 Å². The van der Waals surface area contributed by atoms with Crippen LogP contribution in [-0.4, -0.2) is 39.1 Å². The first kappa shape index (κ1) is 20.6. The summed E-state index contributed by atoms with van der Waals surface area (Å²) in [5.74, 6) is 0.297. The van der Waals surface area contributed by atoms with E-state index in [0.717, 1.165) is 6.07 Å². The Morgan fingerprint density at radius 1 is 1.18 bits per heavy atom. The maximum Gasteiger partial charge on any atom is 0.234 e. The molecule has 3 N–H and O–H groups in total. The average Bonchev–Trinajstić information content (AvgIpc) is 2.66. The van der Waals surface area contributed by atoms with Crippen molar-refractivity contribution >= 4 is 69.0 Å². The van der Waals surface area contributed by atoms with Gasteiger partial charge in [-0.05, 0) is 30.3 Å². The zero-order chi connectivity index (χ0) is 20.1. The molecule has 1 amide bonds. The Balaban J connectivity index is 1.87. The van der Waals surface area contributed by atoms with Gasteiger partial charge in [-0.15, -0.1) is 11.8 Å². The van der Waals surface area contributed by atoms with Crippen molar-refractivity contribution in [2.24, 2.45) is 0 Å². The van der Waals surface area contributed by atoms with Crippen LogP contribution in [0.15, 0.2) is 36.7 Å². The number of aromatic nitrogens is 2. The molecule has 0 radical (unpaired) electrons. The number of carbonyl (C=O) groups excluding carboxylic acids is 1.